The summed E-state index contributed by atoms with van der Waals surface area (Å²) in [6, 6.07) is 4.64. The molecule has 0 fully saturated rings. The molecule has 1 aromatic carbocycles. The van der Waals surface area contributed by atoms with Crippen molar-refractivity contribution in [1.29, 1.82) is 0 Å². The Bertz CT molecular complexity index is 580. The Morgan fingerprint density at radius 3 is 2.16 bits per heavy atom. The number of benzene rings is 1. The van der Waals surface area contributed by atoms with E-state index in [4.69, 9.17) is 5.11 Å². The third kappa shape index (κ3) is 4.96. The van der Waals surface area contributed by atoms with Gasteiger partial charge >= 0.3 is 5.97 Å². The van der Waals surface area contributed by atoms with Crippen LogP contribution >= 0.6 is 0 Å². The van der Waals surface area contributed by atoms with Crippen molar-refractivity contribution < 1.29 is 23.1 Å². The van der Waals surface area contributed by atoms with E-state index in [9.17, 15) is 18.0 Å². The average molecular weight is 286 g/mol. The van der Waals surface area contributed by atoms with Crippen LogP contribution in [0.4, 0.5) is 5.69 Å². The van der Waals surface area contributed by atoms with Crippen molar-refractivity contribution in [3.05, 3.63) is 29.8 Å². The van der Waals surface area contributed by atoms with Crippen LogP contribution in [0.15, 0.2) is 24.3 Å². The predicted molar refractivity (Wildman–Crippen MR) is 69.5 cm³/mol. The number of carboxylic acid groups (broad SMARTS) is 1. The number of carbonyl (C=O) groups excluding carboxylic acids is 1. The molecule has 8 heteroatoms. The summed E-state index contributed by atoms with van der Waals surface area (Å²) in [6.45, 7) is 1.35. The maximum absolute atomic E-state index is 11.6. The van der Waals surface area contributed by atoms with Gasteiger partial charge in [-0.1, -0.05) is 0 Å². The van der Waals surface area contributed by atoms with Crippen LogP contribution < -0.4 is 10.0 Å². The lowest BCUT2D eigenvalue weighted by Crippen LogP contribution is -2.38. The molecule has 0 saturated carbocycles. The van der Waals surface area contributed by atoms with Gasteiger partial charge in [-0.25, -0.2) is 8.42 Å². The lowest BCUT2D eigenvalue weighted by Gasteiger charge is -2.09. The first-order valence-electron chi connectivity index (χ1n) is 5.30. The van der Waals surface area contributed by atoms with Crippen molar-refractivity contribution in [3.63, 3.8) is 0 Å². The molecule has 0 unspecified atom stereocenters. The van der Waals surface area contributed by atoms with E-state index in [1.165, 1.54) is 31.2 Å². The van der Waals surface area contributed by atoms with Gasteiger partial charge < -0.3 is 10.4 Å². The minimum absolute atomic E-state index is 0.243. The number of hydrogen-bond donors (Lipinski definition) is 3. The molecule has 0 radical (unpaired) electrons. The maximum atomic E-state index is 11.6. The monoisotopic (exact) mass is 286 g/mol. The number of carboxylic acids is 1. The number of aliphatic carboxylic acids is 1. The molecule has 0 saturated heterocycles. The molecule has 1 amide bonds. The Morgan fingerprint density at radius 2 is 1.74 bits per heavy atom. The highest BCUT2D eigenvalue weighted by Gasteiger charge is 2.15. The summed E-state index contributed by atoms with van der Waals surface area (Å²) < 4.78 is 24.2. The summed E-state index contributed by atoms with van der Waals surface area (Å²) in [5, 5.41) is 10.9. The largest absolute Gasteiger partial charge is 0.480 e. The maximum Gasteiger partial charge on any atom is 0.325 e. The van der Waals surface area contributed by atoms with Crippen LogP contribution in [0.5, 0.6) is 0 Å². The van der Waals surface area contributed by atoms with E-state index in [1.54, 1.807) is 0 Å². The number of nitrogens with one attached hydrogen (secondary N) is 2. The summed E-state index contributed by atoms with van der Waals surface area (Å²) >= 11 is 0. The first-order chi connectivity index (χ1) is 8.69. The smallest absolute Gasteiger partial charge is 0.325 e. The molecule has 0 spiro atoms. The van der Waals surface area contributed by atoms with Crippen molar-refractivity contribution in [2.24, 2.45) is 0 Å². The molecule has 0 heterocycles. The van der Waals surface area contributed by atoms with E-state index in [-0.39, 0.29) is 5.56 Å². The third-order valence-electron chi connectivity index (χ3n) is 2.17. The molecule has 1 atom stereocenters. The molecule has 7 nitrogen and oxygen atoms in total. The zero-order valence-corrected chi connectivity index (χ0v) is 11.2. The summed E-state index contributed by atoms with van der Waals surface area (Å²) in [6.07, 6.45) is 1.02. The highest BCUT2D eigenvalue weighted by atomic mass is 32.2. The van der Waals surface area contributed by atoms with Crippen molar-refractivity contribution >= 4 is 27.6 Å². The summed E-state index contributed by atoms with van der Waals surface area (Å²) in [4.78, 5) is 22.2. The van der Waals surface area contributed by atoms with Gasteiger partial charge in [-0.2, -0.15) is 0 Å². The molecule has 1 aromatic rings. The SMILES string of the molecule is C[C@H](NC(=O)c1ccc(NS(C)(=O)=O)cc1)C(=O)O. The van der Waals surface area contributed by atoms with Crippen LogP contribution in [-0.2, 0) is 14.8 Å². The van der Waals surface area contributed by atoms with Gasteiger partial charge in [-0.3, -0.25) is 14.3 Å². The van der Waals surface area contributed by atoms with E-state index in [0.29, 0.717) is 5.69 Å². The van der Waals surface area contributed by atoms with Crippen molar-refractivity contribution in [1.82, 2.24) is 5.32 Å². The fraction of sp³-hybridized carbons (Fsp3) is 0.273. The Balaban J connectivity index is 2.76. The zero-order valence-electron chi connectivity index (χ0n) is 10.4. The van der Waals surface area contributed by atoms with Gasteiger partial charge in [0.25, 0.3) is 5.91 Å². The molecule has 1 rings (SSSR count). The predicted octanol–water partition coefficient (Wildman–Crippen LogP) is 0.261. The highest BCUT2D eigenvalue weighted by molar-refractivity contribution is 7.92. The fourth-order valence-corrected chi connectivity index (χ4v) is 1.81. The van der Waals surface area contributed by atoms with E-state index < -0.39 is 27.9 Å². The Labute approximate surface area is 110 Å². The number of sulfonamides is 1. The number of rotatable bonds is 5. The summed E-state index contributed by atoms with van der Waals surface area (Å²) in [5.41, 5.74) is 0.567. The summed E-state index contributed by atoms with van der Waals surface area (Å²) in [7, 11) is -3.37. The van der Waals surface area contributed by atoms with Crippen molar-refractivity contribution in [2.45, 2.75) is 13.0 Å². The Morgan fingerprint density at radius 1 is 1.21 bits per heavy atom. The summed E-state index contributed by atoms with van der Waals surface area (Å²) in [5.74, 6) is -1.68. The Kier molecular flexibility index (Phi) is 4.49. The molecule has 3 N–H and O–H groups in total. The molecule has 104 valence electrons. The standard InChI is InChI=1S/C11H14N2O5S/c1-7(11(15)16)12-10(14)8-3-5-9(6-4-8)13-19(2,17)18/h3-7,13H,1-2H3,(H,12,14)(H,15,16)/t7-/m0/s1. The molecule has 0 aliphatic carbocycles. The Hall–Kier alpha value is -2.09. The van der Waals surface area contributed by atoms with Crippen LogP contribution in [0, 0.1) is 0 Å². The number of carbonyl (C=O) groups is 2. The van der Waals surface area contributed by atoms with E-state index in [0.717, 1.165) is 6.26 Å². The minimum Gasteiger partial charge on any atom is -0.480 e. The third-order valence-corrected chi connectivity index (χ3v) is 2.77. The molecule has 19 heavy (non-hydrogen) atoms. The van der Waals surface area contributed by atoms with Crippen LogP contribution in [0.2, 0.25) is 0 Å². The molecular formula is C11H14N2O5S. The van der Waals surface area contributed by atoms with E-state index in [2.05, 4.69) is 10.0 Å². The van der Waals surface area contributed by atoms with Gasteiger partial charge in [0.05, 0.1) is 6.26 Å². The lowest BCUT2D eigenvalue weighted by atomic mass is 10.2. The topological polar surface area (TPSA) is 113 Å². The molecule has 0 aliphatic rings. The molecular weight excluding hydrogens is 272 g/mol. The number of anilines is 1. The fourth-order valence-electron chi connectivity index (χ4n) is 1.25. The van der Waals surface area contributed by atoms with Gasteiger partial charge in [0.1, 0.15) is 6.04 Å². The van der Waals surface area contributed by atoms with E-state index >= 15 is 0 Å². The second-order valence-corrected chi connectivity index (χ2v) is 5.73. The first-order valence-corrected chi connectivity index (χ1v) is 7.20. The molecule has 0 aliphatic heterocycles. The lowest BCUT2D eigenvalue weighted by molar-refractivity contribution is -0.138. The normalized spacial score (nSPS) is 12.5. The van der Waals surface area contributed by atoms with Crippen LogP contribution in [-0.4, -0.2) is 37.7 Å². The van der Waals surface area contributed by atoms with Gasteiger partial charge in [0.15, 0.2) is 0 Å². The minimum atomic E-state index is -3.37. The number of amides is 1. The second kappa shape index (κ2) is 5.70. The van der Waals surface area contributed by atoms with Gasteiger partial charge in [0.2, 0.25) is 10.0 Å². The van der Waals surface area contributed by atoms with Gasteiger partial charge in [-0.05, 0) is 31.2 Å². The van der Waals surface area contributed by atoms with Gasteiger partial charge in [-0.15, -0.1) is 0 Å². The number of hydrogen-bond acceptors (Lipinski definition) is 4. The van der Waals surface area contributed by atoms with Crippen molar-refractivity contribution in [2.75, 3.05) is 11.0 Å². The quantitative estimate of drug-likeness (QED) is 0.718. The van der Waals surface area contributed by atoms with Crippen molar-refractivity contribution in [3.8, 4) is 0 Å². The first kappa shape index (κ1) is 15.0. The zero-order chi connectivity index (χ0) is 14.6. The van der Waals surface area contributed by atoms with Crippen LogP contribution in [0.1, 0.15) is 17.3 Å². The van der Waals surface area contributed by atoms with Crippen LogP contribution in [0.25, 0.3) is 0 Å². The molecule has 0 bridgehead atoms. The van der Waals surface area contributed by atoms with E-state index in [1.807, 2.05) is 0 Å². The molecule has 0 aromatic heterocycles. The second-order valence-electron chi connectivity index (χ2n) is 3.98. The average Bonchev–Trinajstić information content (AvgIpc) is 2.27. The van der Waals surface area contributed by atoms with Crippen LogP contribution in [0.3, 0.4) is 0 Å². The highest BCUT2D eigenvalue weighted by Crippen LogP contribution is 2.10. The van der Waals surface area contributed by atoms with Gasteiger partial charge in [0, 0.05) is 11.3 Å².